The fraction of sp³-hybridized carbons (Fsp3) is 0.385. The molecule has 0 spiro atoms. The Morgan fingerprint density at radius 1 is 1.13 bits per heavy atom. The molecule has 1 rings (SSSR count). The van der Waals surface area contributed by atoms with Gasteiger partial charge in [-0.2, -0.15) is 0 Å². The van der Waals surface area contributed by atoms with Crippen LogP contribution >= 0.6 is 0 Å². The molecule has 0 saturated carbocycles. The van der Waals surface area contributed by atoms with Crippen LogP contribution in [0.25, 0.3) is 0 Å². The second-order valence-electron chi connectivity index (χ2n) is 3.65. The molecule has 0 atom stereocenters. The molecule has 0 aromatic heterocycles. The number of rotatable bonds is 6. The Balaban J connectivity index is 2.81. The molecule has 2 heteroatoms. The number of carbonyl (C=O) groups excluding carboxylic acids is 2. The first kappa shape index (κ1) is 11.6. The second-order valence-corrected chi connectivity index (χ2v) is 3.65. The topological polar surface area (TPSA) is 34.1 Å². The first-order chi connectivity index (χ1) is 7.31. The summed E-state index contributed by atoms with van der Waals surface area (Å²) in [6.45, 7) is 2.14. The van der Waals surface area contributed by atoms with Crippen LogP contribution in [-0.2, 0) is 6.42 Å². The molecule has 2 nitrogen and oxygen atoms in total. The van der Waals surface area contributed by atoms with E-state index in [1.54, 1.807) is 12.1 Å². The maximum atomic E-state index is 10.8. The minimum absolute atomic E-state index is 0.645. The van der Waals surface area contributed by atoms with Crippen molar-refractivity contribution in [1.29, 1.82) is 0 Å². The van der Waals surface area contributed by atoms with E-state index in [1.807, 2.05) is 6.07 Å². The number of aryl methyl sites for hydroxylation is 1. The van der Waals surface area contributed by atoms with Crippen LogP contribution in [0, 0.1) is 0 Å². The number of aldehydes is 2. The van der Waals surface area contributed by atoms with Crippen molar-refractivity contribution in [2.45, 2.75) is 32.6 Å². The van der Waals surface area contributed by atoms with Gasteiger partial charge in [0.2, 0.25) is 0 Å². The highest BCUT2D eigenvalue weighted by Crippen LogP contribution is 2.13. The summed E-state index contributed by atoms with van der Waals surface area (Å²) in [5.41, 5.74) is 2.34. The highest BCUT2D eigenvalue weighted by Gasteiger charge is 2.02. The molecule has 80 valence electrons. The van der Waals surface area contributed by atoms with Crippen LogP contribution in [0.3, 0.4) is 0 Å². The molecule has 0 unspecified atom stereocenters. The van der Waals surface area contributed by atoms with Gasteiger partial charge in [0.25, 0.3) is 0 Å². The second kappa shape index (κ2) is 6.12. The van der Waals surface area contributed by atoms with Crippen molar-refractivity contribution >= 4 is 12.6 Å². The molecule has 0 amide bonds. The zero-order chi connectivity index (χ0) is 11.1. The summed E-state index contributed by atoms with van der Waals surface area (Å²) >= 11 is 0. The smallest absolute Gasteiger partial charge is 0.150 e. The molecule has 0 heterocycles. The molecule has 0 aliphatic carbocycles. The lowest BCUT2D eigenvalue weighted by molar-refractivity contribution is 0.111. The molecule has 0 aliphatic rings. The molecule has 0 saturated heterocycles. The number of carbonyl (C=O) groups is 2. The van der Waals surface area contributed by atoms with Crippen molar-refractivity contribution in [3.63, 3.8) is 0 Å². The zero-order valence-corrected chi connectivity index (χ0v) is 9.03. The van der Waals surface area contributed by atoms with Gasteiger partial charge >= 0.3 is 0 Å². The standard InChI is InChI=1S/C13H16O2/c1-2-3-4-5-12-8-11(9-14)6-7-13(12)10-15/h6-10H,2-5H2,1H3. The average molecular weight is 204 g/mol. The lowest BCUT2D eigenvalue weighted by atomic mass is 10.00. The van der Waals surface area contributed by atoms with E-state index in [1.165, 1.54) is 0 Å². The van der Waals surface area contributed by atoms with Crippen LogP contribution in [0.2, 0.25) is 0 Å². The Bertz CT molecular complexity index is 342. The summed E-state index contributed by atoms with van der Waals surface area (Å²) in [7, 11) is 0. The lowest BCUT2D eigenvalue weighted by Crippen LogP contribution is -1.95. The Labute approximate surface area is 90.3 Å². The monoisotopic (exact) mass is 204 g/mol. The van der Waals surface area contributed by atoms with Crippen molar-refractivity contribution < 1.29 is 9.59 Å². The summed E-state index contributed by atoms with van der Waals surface area (Å²) in [5, 5.41) is 0. The van der Waals surface area contributed by atoms with E-state index in [4.69, 9.17) is 0 Å². The summed E-state index contributed by atoms with van der Waals surface area (Å²) in [4.78, 5) is 21.4. The number of hydrogen-bond acceptors (Lipinski definition) is 2. The normalized spacial score (nSPS) is 9.93. The summed E-state index contributed by atoms with van der Waals surface area (Å²) in [6.07, 6.45) is 5.93. The van der Waals surface area contributed by atoms with Crippen molar-refractivity contribution in [2.24, 2.45) is 0 Å². The minimum atomic E-state index is 0.645. The van der Waals surface area contributed by atoms with Crippen molar-refractivity contribution in [3.05, 3.63) is 34.9 Å². The zero-order valence-electron chi connectivity index (χ0n) is 9.03. The summed E-state index contributed by atoms with van der Waals surface area (Å²) in [6, 6.07) is 5.21. The van der Waals surface area contributed by atoms with Crippen molar-refractivity contribution in [2.75, 3.05) is 0 Å². The van der Waals surface area contributed by atoms with E-state index in [-0.39, 0.29) is 0 Å². The fourth-order valence-electron chi connectivity index (χ4n) is 1.60. The maximum absolute atomic E-state index is 10.8. The Hall–Kier alpha value is -1.44. The molecule has 0 radical (unpaired) electrons. The van der Waals surface area contributed by atoms with E-state index in [0.717, 1.165) is 43.8 Å². The molecule has 0 fully saturated rings. The molecular weight excluding hydrogens is 188 g/mol. The van der Waals surface area contributed by atoms with E-state index in [0.29, 0.717) is 11.1 Å². The van der Waals surface area contributed by atoms with Gasteiger partial charge < -0.3 is 0 Å². The van der Waals surface area contributed by atoms with Crippen LogP contribution in [0.5, 0.6) is 0 Å². The van der Waals surface area contributed by atoms with Gasteiger partial charge in [-0.1, -0.05) is 31.9 Å². The fourth-order valence-corrected chi connectivity index (χ4v) is 1.60. The van der Waals surface area contributed by atoms with Gasteiger partial charge in [0, 0.05) is 11.1 Å². The van der Waals surface area contributed by atoms with E-state index in [2.05, 4.69) is 6.92 Å². The predicted octanol–water partition coefficient (Wildman–Crippen LogP) is 3.04. The minimum Gasteiger partial charge on any atom is -0.298 e. The van der Waals surface area contributed by atoms with Crippen LogP contribution in [0.1, 0.15) is 52.5 Å². The van der Waals surface area contributed by atoms with E-state index in [9.17, 15) is 9.59 Å². The van der Waals surface area contributed by atoms with Gasteiger partial charge in [-0.25, -0.2) is 0 Å². The summed E-state index contributed by atoms with van der Waals surface area (Å²) in [5.74, 6) is 0. The average Bonchev–Trinajstić information content (AvgIpc) is 2.29. The highest BCUT2D eigenvalue weighted by molar-refractivity contribution is 5.81. The molecule has 0 bridgehead atoms. The van der Waals surface area contributed by atoms with Gasteiger partial charge in [-0.3, -0.25) is 9.59 Å². The molecule has 1 aromatic carbocycles. The van der Waals surface area contributed by atoms with Crippen LogP contribution in [0.4, 0.5) is 0 Å². The first-order valence-corrected chi connectivity index (χ1v) is 5.35. The SMILES string of the molecule is CCCCCc1cc(C=O)ccc1C=O. The van der Waals surface area contributed by atoms with Gasteiger partial charge in [0.1, 0.15) is 12.6 Å². The third kappa shape index (κ3) is 3.31. The quantitative estimate of drug-likeness (QED) is 0.527. The summed E-state index contributed by atoms with van der Waals surface area (Å²) < 4.78 is 0. The Morgan fingerprint density at radius 3 is 2.53 bits per heavy atom. The molecule has 15 heavy (non-hydrogen) atoms. The van der Waals surface area contributed by atoms with Crippen molar-refractivity contribution in [3.8, 4) is 0 Å². The third-order valence-electron chi connectivity index (χ3n) is 2.48. The lowest BCUT2D eigenvalue weighted by Gasteiger charge is -2.04. The molecule has 0 aliphatic heterocycles. The first-order valence-electron chi connectivity index (χ1n) is 5.35. The molecule has 1 aromatic rings. The predicted molar refractivity (Wildman–Crippen MR) is 60.4 cm³/mol. The number of benzene rings is 1. The Morgan fingerprint density at radius 2 is 1.93 bits per heavy atom. The van der Waals surface area contributed by atoms with Crippen LogP contribution < -0.4 is 0 Å². The third-order valence-corrected chi connectivity index (χ3v) is 2.48. The van der Waals surface area contributed by atoms with Crippen molar-refractivity contribution in [1.82, 2.24) is 0 Å². The van der Waals surface area contributed by atoms with Gasteiger partial charge in [0.05, 0.1) is 0 Å². The van der Waals surface area contributed by atoms with Gasteiger partial charge in [-0.15, -0.1) is 0 Å². The van der Waals surface area contributed by atoms with Crippen LogP contribution in [0.15, 0.2) is 18.2 Å². The highest BCUT2D eigenvalue weighted by atomic mass is 16.1. The molecule has 0 N–H and O–H groups in total. The van der Waals surface area contributed by atoms with E-state index < -0.39 is 0 Å². The van der Waals surface area contributed by atoms with E-state index >= 15 is 0 Å². The largest absolute Gasteiger partial charge is 0.298 e. The number of hydrogen-bond donors (Lipinski definition) is 0. The van der Waals surface area contributed by atoms with Crippen LogP contribution in [-0.4, -0.2) is 12.6 Å². The Kier molecular flexibility index (Phi) is 4.75. The number of unbranched alkanes of at least 4 members (excludes halogenated alkanes) is 2. The molecular formula is C13H16O2. The van der Waals surface area contributed by atoms with Gasteiger partial charge in [-0.05, 0) is 24.5 Å². The van der Waals surface area contributed by atoms with Gasteiger partial charge in [0.15, 0.2) is 0 Å². The maximum Gasteiger partial charge on any atom is 0.150 e.